The van der Waals surface area contributed by atoms with Crippen LogP contribution in [0, 0.1) is 0 Å². The van der Waals surface area contributed by atoms with Crippen LogP contribution in [0.5, 0.6) is 0 Å². The molecule has 0 saturated carbocycles. The molecule has 1 aromatic heterocycles. The Balaban J connectivity index is 1.85. The van der Waals surface area contributed by atoms with Crippen molar-refractivity contribution in [2.75, 3.05) is 14.1 Å². The van der Waals surface area contributed by atoms with Crippen molar-refractivity contribution in [3.8, 4) is 11.1 Å². The minimum atomic E-state index is -3.50. The van der Waals surface area contributed by atoms with Gasteiger partial charge in [-0.25, -0.2) is 12.4 Å². The number of hydrogen-bond acceptors (Lipinski definition) is 3. The highest BCUT2D eigenvalue weighted by molar-refractivity contribution is 7.90. The average Bonchev–Trinajstić information content (AvgIpc) is 3.10. The van der Waals surface area contributed by atoms with Crippen molar-refractivity contribution in [3.63, 3.8) is 0 Å². The molecule has 4 nitrogen and oxygen atoms in total. The summed E-state index contributed by atoms with van der Waals surface area (Å²) >= 11 is 0. The minimum absolute atomic E-state index is 0.284. The third-order valence-electron chi connectivity index (χ3n) is 3.79. The topological polar surface area (TPSA) is 42.3 Å². The van der Waals surface area contributed by atoms with Gasteiger partial charge >= 0.3 is 0 Å². The Morgan fingerprint density at radius 2 is 1.33 bits per heavy atom. The third kappa shape index (κ3) is 3.42. The average molecular weight is 340 g/mol. The Morgan fingerprint density at radius 1 is 0.833 bits per heavy atom. The summed E-state index contributed by atoms with van der Waals surface area (Å²) in [4.78, 5) is 2.40. The first kappa shape index (κ1) is 16.5. The molecule has 0 bridgehead atoms. The number of benzene rings is 2. The Morgan fingerprint density at radius 3 is 1.83 bits per heavy atom. The molecule has 3 rings (SSSR count). The first-order chi connectivity index (χ1) is 11.5. The molecule has 0 saturated heterocycles. The summed E-state index contributed by atoms with van der Waals surface area (Å²) in [6, 6.07) is 18.7. The molecule has 5 heteroatoms. The lowest BCUT2D eigenvalue weighted by Gasteiger charge is -2.10. The second kappa shape index (κ2) is 6.63. The minimum Gasteiger partial charge on any atom is -0.305 e. The van der Waals surface area contributed by atoms with Crippen LogP contribution in [0.1, 0.15) is 5.56 Å². The quantitative estimate of drug-likeness (QED) is 0.714. The molecule has 0 aliphatic carbocycles. The van der Waals surface area contributed by atoms with E-state index < -0.39 is 10.0 Å². The summed E-state index contributed by atoms with van der Waals surface area (Å²) in [6.07, 6.45) is 3.07. The molecular weight excluding hydrogens is 320 g/mol. The van der Waals surface area contributed by atoms with Crippen molar-refractivity contribution in [2.24, 2.45) is 0 Å². The van der Waals surface area contributed by atoms with Crippen LogP contribution >= 0.6 is 0 Å². The van der Waals surface area contributed by atoms with E-state index in [1.807, 2.05) is 26.2 Å². The third-order valence-corrected chi connectivity index (χ3v) is 5.46. The SMILES string of the molecule is CN(C)Cc1ccc(-c2ccc(S(=O)(=O)n3cccc3)cc2)cc1. The molecule has 0 radical (unpaired) electrons. The van der Waals surface area contributed by atoms with Crippen LogP contribution in [0.2, 0.25) is 0 Å². The van der Waals surface area contributed by atoms with Crippen LogP contribution in [0.4, 0.5) is 0 Å². The molecule has 0 atom stereocenters. The zero-order valence-electron chi connectivity index (χ0n) is 13.8. The van der Waals surface area contributed by atoms with Gasteiger partial charge in [-0.1, -0.05) is 36.4 Å². The van der Waals surface area contributed by atoms with Gasteiger partial charge in [0, 0.05) is 18.9 Å². The molecular formula is C19H20N2O2S. The molecule has 0 fully saturated rings. The zero-order valence-corrected chi connectivity index (χ0v) is 14.6. The van der Waals surface area contributed by atoms with E-state index in [0.29, 0.717) is 0 Å². The van der Waals surface area contributed by atoms with E-state index in [2.05, 4.69) is 29.2 Å². The summed E-state index contributed by atoms with van der Waals surface area (Å²) in [7, 11) is 0.575. The summed E-state index contributed by atoms with van der Waals surface area (Å²) in [5.74, 6) is 0. The van der Waals surface area contributed by atoms with Gasteiger partial charge in [0.15, 0.2) is 0 Å². The normalized spacial score (nSPS) is 11.8. The molecule has 3 aromatic rings. The summed E-state index contributed by atoms with van der Waals surface area (Å²) < 4.78 is 26.1. The standard InChI is InChI=1S/C19H20N2O2S/c1-20(2)15-16-5-7-17(8-6-16)18-9-11-19(12-10-18)24(22,23)21-13-3-4-14-21/h3-14H,15H2,1-2H3. The van der Waals surface area contributed by atoms with Crippen molar-refractivity contribution >= 4 is 10.0 Å². The van der Waals surface area contributed by atoms with E-state index in [-0.39, 0.29) is 4.90 Å². The zero-order chi connectivity index (χ0) is 17.2. The van der Waals surface area contributed by atoms with Crippen molar-refractivity contribution in [1.29, 1.82) is 0 Å². The molecule has 0 aliphatic rings. The number of aromatic nitrogens is 1. The van der Waals surface area contributed by atoms with Crippen LogP contribution in [-0.4, -0.2) is 31.4 Å². The highest BCUT2D eigenvalue weighted by Gasteiger charge is 2.15. The van der Waals surface area contributed by atoms with Gasteiger partial charge < -0.3 is 4.90 Å². The molecule has 0 amide bonds. The molecule has 0 aliphatic heterocycles. The Bertz CT molecular complexity index is 895. The molecule has 2 aromatic carbocycles. The monoisotopic (exact) mass is 340 g/mol. The van der Waals surface area contributed by atoms with Gasteiger partial charge in [0.1, 0.15) is 0 Å². The van der Waals surface area contributed by atoms with Crippen LogP contribution in [0.15, 0.2) is 78.0 Å². The summed E-state index contributed by atoms with van der Waals surface area (Å²) in [5, 5.41) is 0. The largest absolute Gasteiger partial charge is 0.305 e. The maximum Gasteiger partial charge on any atom is 0.267 e. The van der Waals surface area contributed by atoms with Gasteiger partial charge in [0.05, 0.1) is 4.90 Å². The van der Waals surface area contributed by atoms with Crippen LogP contribution in [-0.2, 0) is 16.6 Å². The molecule has 1 heterocycles. The molecule has 0 unspecified atom stereocenters. The Kier molecular flexibility index (Phi) is 4.55. The maximum atomic E-state index is 12.4. The van der Waals surface area contributed by atoms with E-state index in [1.54, 1.807) is 24.3 Å². The van der Waals surface area contributed by atoms with Crippen LogP contribution in [0.25, 0.3) is 11.1 Å². The number of nitrogens with zero attached hydrogens (tertiary/aromatic N) is 2. The van der Waals surface area contributed by atoms with Crippen LogP contribution < -0.4 is 0 Å². The van der Waals surface area contributed by atoms with Crippen molar-refractivity contribution in [2.45, 2.75) is 11.4 Å². The highest BCUT2D eigenvalue weighted by atomic mass is 32.2. The van der Waals surface area contributed by atoms with Gasteiger partial charge in [0.2, 0.25) is 0 Å². The number of hydrogen-bond donors (Lipinski definition) is 0. The lowest BCUT2D eigenvalue weighted by molar-refractivity contribution is 0.402. The van der Waals surface area contributed by atoms with E-state index in [1.165, 1.54) is 21.9 Å². The second-order valence-corrected chi connectivity index (χ2v) is 7.82. The van der Waals surface area contributed by atoms with Gasteiger partial charge in [0.25, 0.3) is 10.0 Å². The van der Waals surface area contributed by atoms with Gasteiger partial charge in [-0.05, 0) is 55.1 Å². The first-order valence-electron chi connectivity index (χ1n) is 7.69. The van der Waals surface area contributed by atoms with Crippen molar-refractivity contribution in [1.82, 2.24) is 8.87 Å². The fourth-order valence-corrected chi connectivity index (χ4v) is 3.77. The maximum absolute atomic E-state index is 12.4. The predicted molar refractivity (Wildman–Crippen MR) is 96.3 cm³/mol. The van der Waals surface area contributed by atoms with Gasteiger partial charge in [-0.2, -0.15) is 0 Å². The number of rotatable bonds is 5. The van der Waals surface area contributed by atoms with E-state index in [0.717, 1.165) is 17.7 Å². The van der Waals surface area contributed by atoms with E-state index in [9.17, 15) is 8.42 Å². The lowest BCUT2D eigenvalue weighted by atomic mass is 10.0. The predicted octanol–water partition coefficient (Wildman–Crippen LogP) is 3.45. The highest BCUT2D eigenvalue weighted by Crippen LogP contribution is 2.23. The van der Waals surface area contributed by atoms with Gasteiger partial charge in [-0.3, -0.25) is 0 Å². The molecule has 0 spiro atoms. The summed E-state index contributed by atoms with van der Waals surface area (Å²) in [6.45, 7) is 0.897. The Hall–Kier alpha value is -2.37. The summed E-state index contributed by atoms with van der Waals surface area (Å²) in [5.41, 5.74) is 3.32. The van der Waals surface area contributed by atoms with E-state index in [4.69, 9.17) is 0 Å². The van der Waals surface area contributed by atoms with E-state index >= 15 is 0 Å². The fourth-order valence-electron chi connectivity index (χ4n) is 2.59. The molecule has 124 valence electrons. The van der Waals surface area contributed by atoms with Crippen LogP contribution in [0.3, 0.4) is 0 Å². The fraction of sp³-hybridized carbons (Fsp3) is 0.158. The van der Waals surface area contributed by atoms with Crippen molar-refractivity contribution in [3.05, 3.63) is 78.6 Å². The molecule has 0 N–H and O–H groups in total. The van der Waals surface area contributed by atoms with Gasteiger partial charge in [-0.15, -0.1) is 0 Å². The lowest BCUT2D eigenvalue weighted by Crippen LogP contribution is -2.10. The Labute approximate surface area is 143 Å². The molecule has 24 heavy (non-hydrogen) atoms. The smallest absolute Gasteiger partial charge is 0.267 e. The second-order valence-electron chi connectivity index (χ2n) is 5.98. The first-order valence-corrected chi connectivity index (χ1v) is 9.13. The van der Waals surface area contributed by atoms with Crippen molar-refractivity contribution < 1.29 is 8.42 Å².